The van der Waals surface area contributed by atoms with Crippen molar-refractivity contribution in [2.75, 3.05) is 6.54 Å². The summed E-state index contributed by atoms with van der Waals surface area (Å²) in [7, 11) is 0. The lowest BCUT2D eigenvalue weighted by atomic mass is 9.94. The molecule has 1 N–H and O–H groups in total. The Morgan fingerprint density at radius 2 is 2.14 bits per heavy atom. The Balaban J connectivity index is 1.94. The number of unbranched alkanes of at least 4 members (excludes halogenated alkanes) is 1. The molecule has 0 spiro atoms. The van der Waals surface area contributed by atoms with Gasteiger partial charge in [-0.25, -0.2) is 0 Å². The Morgan fingerprint density at radius 3 is 2.95 bits per heavy atom. The van der Waals surface area contributed by atoms with E-state index in [4.69, 9.17) is 16.6 Å². The van der Waals surface area contributed by atoms with Gasteiger partial charge in [0.15, 0.2) is 0 Å². The van der Waals surface area contributed by atoms with Crippen molar-refractivity contribution in [3.63, 3.8) is 0 Å². The molecule has 4 heteroatoms. The number of rotatable bonds is 4. The van der Waals surface area contributed by atoms with Gasteiger partial charge in [0, 0.05) is 23.2 Å². The number of benzene rings is 1. The highest BCUT2D eigenvalue weighted by Gasteiger charge is 2.17. The number of hydrogen-bond acceptors (Lipinski definition) is 2. The largest absolute Gasteiger partial charge is 0.352 e. The first-order chi connectivity index (χ1) is 10.7. The zero-order valence-corrected chi connectivity index (χ0v) is 13.7. The lowest BCUT2D eigenvalue weighted by Crippen LogP contribution is -2.24. The summed E-state index contributed by atoms with van der Waals surface area (Å²) in [5.74, 6) is -0.0361. The number of pyridine rings is 1. The van der Waals surface area contributed by atoms with Crippen molar-refractivity contribution in [1.29, 1.82) is 0 Å². The molecule has 1 aliphatic rings. The summed E-state index contributed by atoms with van der Waals surface area (Å²) in [6, 6.07) is 5.62. The number of nitrogens with zero attached hydrogens (tertiary/aromatic N) is 1. The highest BCUT2D eigenvalue weighted by atomic mass is 35.5. The lowest BCUT2D eigenvalue weighted by molar-refractivity contribution is 0.0953. The summed E-state index contributed by atoms with van der Waals surface area (Å²) in [5, 5.41) is 4.71. The zero-order chi connectivity index (χ0) is 15.5. The normalized spacial score (nSPS) is 13.9. The van der Waals surface area contributed by atoms with Gasteiger partial charge in [0.2, 0.25) is 0 Å². The van der Waals surface area contributed by atoms with E-state index in [9.17, 15) is 4.79 Å². The Kier molecular flexibility index (Phi) is 4.63. The van der Waals surface area contributed by atoms with Crippen LogP contribution in [-0.2, 0) is 12.8 Å². The second kappa shape index (κ2) is 6.66. The predicted molar refractivity (Wildman–Crippen MR) is 90.6 cm³/mol. The Morgan fingerprint density at radius 1 is 1.32 bits per heavy atom. The number of carbonyl (C=O) groups is 1. The van der Waals surface area contributed by atoms with Crippen molar-refractivity contribution in [1.82, 2.24) is 10.3 Å². The van der Waals surface area contributed by atoms with Crippen molar-refractivity contribution in [2.45, 2.75) is 45.4 Å². The third kappa shape index (κ3) is 2.95. The minimum Gasteiger partial charge on any atom is -0.352 e. The van der Waals surface area contributed by atoms with Gasteiger partial charge in [-0.05, 0) is 49.8 Å². The van der Waals surface area contributed by atoms with Crippen molar-refractivity contribution in [3.05, 3.63) is 40.0 Å². The fraction of sp³-hybridized carbons (Fsp3) is 0.444. The van der Waals surface area contributed by atoms with Gasteiger partial charge in [-0.2, -0.15) is 0 Å². The first-order valence-electron chi connectivity index (χ1n) is 8.10. The Bertz CT molecular complexity index is 712. The van der Waals surface area contributed by atoms with E-state index < -0.39 is 0 Å². The molecule has 0 saturated carbocycles. The maximum Gasteiger partial charge on any atom is 0.251 e. The number of aromatic nitrogens is 1. The number of amides is 1. The van der Waals surface area contributed by atoms with Gasteiger partial charge in [-0.1, -0.05) is 31.0 Å². The number of hydrogen-bond donors (Lipinski definition) is 1. The molecule has 1 amide bonds. The SMILES string of the molecule is CCCCNC(=O)c1ccc2c(Cl)c3c(nc2c1)CCCC3. The van der Waals surface area contributed by atoms with Crippen molar-refractivity contribution < 1.29 is 4.79 Å². The molecular weight excluding hydrogens is 296 g/mol. The molecular formula is C18H21ClN2O. The van der Waals surface area contributed by atoms with Crippen molar-refractivity contribution in [2.24, 2.45) is 0 Å². The third-order valence-electron chi connectivity index (χ3n) is 4.27. The first kappa shape index (κ1) is 15.3. The summed E-state index contributed by atoms with van der Waals surface area (Å²) in [4.78, 5) is 16.9. The number of carbonyl (C=O) groups excluding carboxylic acids is 1. The van der Waals surface area contributed by atoms with Crippen molar-refractivity contribution in [3.8, 4) is 0 Å². The molecule has 116 valence electrons. The van der Waals surface area contributed by atoms with Crippen LogP contribution in [0.3, 0.4) is 0 Å². The van der Waals surface area contributed by atoms with E-state index in [1.54, 1.807) is 0 Å². The molecule has 0 radical (unpaired) electrons. The minimum absolute atomic E-state index is 0.0361. The molecule has 3 rings (SSSR count). The summed E-state index contributed by atoms with van der Waals surface area (Å²) < 4.78 is 0. The van der Waals surface area contributed by atoms with E-state index >= 15 is 0 Å². The highest BCUT2D eigenvalue weighted by molar-refractivity contribution is 6.36. The van der Waals surface area contributed by atoms with Crippen LogP contribution in [0, 0.1) is 0 Å². The number of halogens is 1. The molecule has 1 heterocycles. The van der Waals surface area contributed by atoms with Gasteiger partial charge in [0.25, 0.3) is 5.91 Å². The van der Waals surface area contributed by atoms with Gasteiger partial charge in [0.05, 0.1) is 10.5 Å². The molecule has 0 fully saturated rings. The second-order valence-electron chi connectivity index (χ2n) is 5.90. The average molecular weight is 317 g/mol. The topological polar surface area (TPSA) is 42.0 Å². The molecule has 0 bridgehead atoms. The fourth-order valence-corrected chi connectivity index (χ4v) is 3.35. The Labute approximate surface area is 136 Å². The van der Waals surface area contributed by atoms with E-state index in [0.29, 0.717) is 12.1 Å². The molecule has 2 aromatic rings. The number of nitrogens with one attached hydrogen (secondary N) is 1. The van der Waals surface area contributed by atoms with Crippen LogP contribution < -0.4 is 5.32 Å². The van der Waals surface area contributed by atoms with Crippen molar-refractivity contribution >= 4 is 28.4 Å². The van der Waals surface area contributed by atoms with E-state index in [-0.39, 0.29) is 5.91 Å². The number of fused-ring (bicyclic) bond motifs is 2. The van der Waals surface area contributed by atoms with Gasteiger partial charge >= 0.3 is 0 Å². The average Bonchev–Trinajstić information content (AvgIpc) is 2.55. The minimum atomic E-state index is -0.0361. The maximum atomic E-state index is 12.2. The molecule has 3 nitrogen and oxygen atoms in total. The Hall–Kier alpha value is -1.61. The van der Waals surface area contributed by atoms with Crippen LogP contribution in [0.4, 0.5) is 0 Å². The van der Waals surface area contributed by atoms with E-state index in [1.165, 1.54) is 18.4 Å². The smallest absolute Gasteiger partial charge is 0.251 e. The van der Waals surface area contributed by atoms with E-state index in [2.05, 4.69) is 12.2 Å². The maximum absolute atomic E-state index is 12.2. The molecule has 1 aliphatic carbocycles. The lowest BCUT2D eigenvalue weighted by Gasteiger charge is -2.18. The summed E-state index contributed by atoms with van der Waals surface area (Å²) in [6.45, 7) is 2.82. The zero-order valence-electron chi connectivity index (χ0n) is 12.9. The molecule has 0 unspecified atom stereocenters. The molecule has 0 atom stereocenters. The quantitative estimate of drug-likeness (QED) is 0.855. The van der Waals surface area contributed by atoms with Crippen LogP contribution >= 0.6 is 11.6 Å². The molecule has 22 heavy (non-hydrogen) atoms. The molecule has 1 aromatic carbocycles. The van der Waals surface area contributed by atoms with Crippen LogP contribution in [0.25, 0.3) is 10.9 Å². The molecule has 1 aromatic heterocycles. The van der Waals surface area contributed by atoms with E-state index in [1.807, 2.05) is 18.2 Å². The predicted octanol–water partition coefficient (Wildman–Crippen LogP) is 4.30. The van der Waals surface area contributed by atoms with Gasteiger partial charge in [0.1, 0.15) is 0 Å². The molecule has 0 saturated heterocycles. The van der Waals surface area contributed by atoms with Crippen LogP contribution in [0.2, 0.25) is 5.02 Å². The summed E-state index contributed by atoms with van der Waals surface area (Å²) >= 11 is 6.55. The monoisotopic (exact) mass is 316 g/mol. The highest BCUT2D eigenvalue weighted by Crippen LogP contribution is 2.33. The number of aryl methyl sites for hydroxylation is 1. The molecule has 0 aliphatic heterocycles. The van der Waals surface area contributed by atoms with E-state index in [0.717, 1.165) is 47.3 Å². The summed E-state index contributed by atoms with van der Waals surface area (Å²) in [6.07, 6.45) is 6.41. The second-order valence-corrected chi connectivity index (χ2v) is 6.28. The van der Waals surface area contributed by atoms with Gasteiger partial charge in [-0.3, -0.25) is 9.78 Å². The van der Waals surface area contributed by atoms with Gasteiger partial charge < -0.3 is 5.32 Å². The fourth-order valence-electron chi connectivity index (χ4n) is 2.99. The van der Waals surface area contributed by atoms with Gasteiger partial charge in [-0.15, -0.1) is 0 Å². The van der Waals surface area contributed by atoms with Crippen LogP contribution in [0.1, 0.15) is 54.2 Å². The van der Waals surface area contributed by atoms with Crippen LogP contribution in [0.15, 0.2) is 18.2 Å². The summed E-state index contributed by atoms with van der Waals surface area (Å²) in [5.41, 5.74) is 3.78. The van der Waals surface area contributed by atoms with Crippen LogP contribution in [0.5, 0.6) is 0 Å². The first-order valence-corrected chi connectivity index (χ1v) is 8.47. The van der Waals surface area contributed by atoms with Crippen LogP contribution in [-0.4, -0.2) is 17.4 Å². The third-order valence-corrected chi connectivity index (χ3v) is 4.70. The standard InChI is InChI=1S/C18H21ClN2O/c1-2-3-10-20-18(22)12-8-9-14-16(11-12)21-15-7-5-4-6-13(15)17(14)19/h8-9,11H,2-7,10H2,1H3,(H,20,22).